The SMILES string of the molecule is CCOc1cc(N)c([N+](=O)[O-])cc1C(=O)NC1CCN(C[C@@H]2CC=CCC2)CC1. The molecule has 2 aliphatic rings. The van der Waals surface area contributed by atoms with Gasteiger partial charge in [-0.3, -0.25) is 14.9 Å². The summed E-state index contributed by atoms with van der Waals surface area (Å²) in [5.41, 5.74) is 5.60. The Bertz CT molecular complexity index is 772. The number of amides is 1. The molecule has 1 aromatic carbocycles. The number of anilines is 1. The lowest BCUT2D eigenvalue weighted by Crippen LogP contribution is -2.45. The summed E-state index contributed by atoms with van der Waals surface area (Å²) in [6.07, 6.45) is 9.87. The fourth-order valence-electron chi connectivity index (χ4n) is 4.10. The van der Waals surface area contributed by atoms with E-state index in [4.69, 9.17) is 10.5 Å². The van der Waals surface area contributed by atoms with Crippen LogP contribution in [0.3, 0.4) is 0 Å². The predicted molar refractivity (Wildman–Crippen MR) is 112 cm³/mol. The molecule has 1 amide bonds. The van der Waals surface area contributed by atoms with Gasteiger partial charge in [0, 0.05) is 37.8 Å². The minimum Gasteiger partial charge on any atom is -0.493 e. The van der Waals surface area contributed by atoms with Crippen molar-refractivity contribution in [3.63, 3.8) is 0 Å². The molecule has 0 bridgehead atoms. The van der Waals surface area contributed by atoms with E-state index in [9.17, 15) is 14.9 Å². The summed E-state index contributed by atoms with van der Waals surface area (Å²) in [6, 6.07) is 2.62. The van der Waals surface area contributed by atoms with Gasteiger partial charge in [-0.25, -0.2) is 0 Å². The average molecular weight is 402 g/mol. The second-order valence-corrected chi connectivity index (χ2v) is 7.80. The molecule has 158 valence electrons. The summed E-state index contributed by atoms with van der Waals surface area (Å²) >= 11 is 0. The molecule has 1 aliphatic carbocycles. The molecule has 1 heterocycles. The van der Waals surface area contributed by atoms with Gasteiger partial charge >= 0.3 is 0 Å². The summed E-state index contributed by atoms with van der Waals surface area (Å²) in [6.45, 7) is 5.14. The molecule has 3 rings (SSSR count). The summed E-state index contributed by atoms with van der Waals surface area (Å²) in [5, 5.41) is 14.2. The third kappa shape index (κ3) is 5.47. The molecule has 0 spiro atoms. The van der Waals surface area contributed by atoms with E-state index in [0.717, 1.165) is 44.8 Å². The van der Waals surface area contributed by atoms with E-state index in [1.807, 2.05) is 0 Å². The zero-order valence-electron chi connectivity index (χ0n) is 16.9. The number of nitro groups is 1. The van der Waals surface area contributed by atoms with E-state index >= 15 is 0 Å². The zero-order chi connectivity index (χ0) is 20.8. The van der Waals surface area contributed by atoms with E-state index < -0.39 is 4.92 Å². The highest BCUT2D eigenvalue weighted by atomic mass is 16.6. The van der Waals surface area contributed by atoms with Crippen LogP contribution in [0, 0.1) is 16.0 Å². The van der Waals surface area contributed by atoms with Gasteiger partial charge in [-0.05, 0) is 44.9 Å². The second kappa shape index (κ2) is 9.73. The highest BCUT2D eigenvalue weighted by Crippen LogP contribution is 2.31. The van der Waals surface area contributed by atoms with Crippen LogP contribution < -0.4 is 15.8 Å². The number of nitrogen functional groups attached to an aromatic ring is 1. The lowest BCUT2D eigenvalue weighted by atomic mass is 9.93. The molecular weight excluding hydrogens is 372 g/mol. The molecule has 1 saturated heterocycles. The predicted octanol–water partition coefficient (Wildman–Crippen LogP) is 3.13. The number of nitro benzene ring substituents is 1. The number of benzene rings is 1. The molecule has 0 radical (unpaired) electrons. The Morgan fingerprint density at radius 3 is 2.69 bits per heavy atom. The topological polar surface area (TPSA) is 111 Å². The molecule has 0 unspecified atom stereocenters. The van der Waals surface area contributed by atoms with Crippen LogP contribution in [0.5, 0.6) is 5.75 Å². The monoisotopic (exact) mass is 402 g/mol. The van der Waals surface area contributed by atoms with E-state index in [0.29, 0.717) is 6.61 Å². The largest absolute Gasteiger partial charge is 0.493 e. The first-order chi connectivity index (χ1) is 14.0. The van der Waals surface area contributed by atoms with Gasteiger partial charge in [0.1, 0.15) is 11.4 Å². The number of nitrogens with two attached hydrogens (primary N) is 1. The van der Waals surface area contributed by atoms with Crippen LogP contribution in [0.1, 0.15) is 49.4 Å². The maximum Gasteiger partial charge on any atom is 0.293 e. The fourth-order valence-corrected chi connectivity index (χ4v) is 4.10. The van der Waals surface area contributed by atoms with Crippen molar-refractivity contribution in [2.45, 2.75) is 45.1 Å². The molecule has 8 nitrogen and oxygen atoms in total. The number of carbonyl (C=O) groups is 1. The van der Waals surface area contributed by atoms with Crippen LogP contribution >= 0.6 is 0 Å². The van der Waals surface area contributed by atoms with Crippen LogP contribution in [0.2, 0.25) is 0 Å². The van der Waals surface area contributed by atoms with Crippen LogP contribution in [0.4, 0.5) is 11.4 Å². The number of hydrogen-bond acceptors (Lipinski definition) is 6. The van der Waals surface area contributed by atoms with Crippen molar-refractivity contribution in [3.05, 3.63) is 40.0 Å². The molecule has 29 heavy (non-hydrogen) atoms. The Balaban J connectivity index is 1.59. The van der Waals surface area contributed by atoms with Crippen LogP contribution in [-0.4, -0.2) is 48.0 Å². The van der Waals surface area contributed by atoms with E-state index in [1.54, 1.807) is 6.92 Å². The number of likely N-dealkylation sites (tertiary alicyclic amines) is 1. The first-order valence-corrected chi connectivity index (χ1v) is 10.4. The number of rotatable bonds is 7. The fraction of sp³-hybridized carbons (Fsp3) is 0.571. The van der Waals surface area contributed by atoms with Crippen LogP contribution in [0.25, 0.3) is 0 Å². The van der Waals surface area contributed by atoms with Crippen molar-refractivity contribution in [3.8, 4) is 5.75 Å². The van der Waals surface area contributed by atoms with Gasteiger partial charge in [-0.2, -0.15) is 0 Å². The van der Waals surface area contributed by atoms with Crippen LogP contribution in [0.15, 0.2) is 24.3 Å². The van der Waals surface area contributed by atoms with Crippen molar-refractivity contribution >= 4 is 17.3 Å². The molecule has 1 atom stereocenters. The summed E-state index contributed by atoms with van der Waals surface area (Å²) in [7, 11) is 0. The molecule has 0 saturated carbocycles. The summed E-state index contributed by atoms with van der Waals surface area (Å²) < 4.78 is 5.49. The average Bonchev–Trinajstić information content (AvgIpc) is 2.70. The molecule has 1 aliphatic heterocycles. The van der Waals surface area contributed by atoms with Crippen molar-refractivity contribution in [2.24, 2.45) is 5.92 Å². The second-order valence-electron chi connectivity index (χ2n) is 7.80. The van der Waals surface area contributed by atoms with E-state index in [2.05, 4.69) is 22.4 Å². The third-order valence-electron chi connectivity index (χ3n) is 5.69. The standard InChI is InChI=1S/C21H30N4O4/c1-2-29-20-13-18(22)19(25(27)28)12-17(20)21(26)23-16-8-10-24(11-9-16)14-15-6-4-3-5-7-15/h3-4,12-13,15-16H,2,5-11,14,22H2,1H3,(H,23,26)/t15-/m1/s1. The highest BCUT2D eigenvalue weighted by molar-refractivity contribution is 5.98. The van der Waals surface area contributed by atoms with Crippen molar-refractivity contribution in [1.29, 1.82) is 0 Å². The minimum absolute atomic E-state index is 0.0131. The smallest absolute Gasteiger partial charge is 0.293 e. The van der Waals surface area contributed by atoms with Gasteiger partial charge in [0.25, 0.3) is 11.6 Å². The highest BCUT2D eigenvalue weighted by Gasteiger charge is 2.26. The quantitative estimate of drug-likeness (QED) is 0.314. The zero-order valence-corrected chi connectivity index (χ0v) is 16.9. The third-order valence-corrected chi connectivity index (χ3v) is 5.69. The Kier molecular flexibility index (Phi) is 7.09. The first kappa shape index (κ1) is 21.1. The maximum atomic E-state index is 12.8. The van der Waals surface area contributed by atoms with Crippen LogP contribution in [-0.2, 0) is 0 Å². The number of carbonyl (C=O) groups excluding carboxylic acids is 1. The lowest BCUT2D eigenvalue weighted by molar-refractivity contribution is -0.383. The molecule has 8 heteroatoms. The Morgan fingerprint density at radius 2 is 2.07 bits per heavy atom. The number of nitrogens with one attached hydrogen (secondary N) is 1. The molecule has 3 N–H and O–H groups in total. The van der Waals surface area contributed by atoms with Gasteiger partial charge < -0.3 is 20.7 Å². The Morgan fingerprint density at radius 1 is 1.31 bits per heavy atom. The van der Waals surface area contributed by atoms with Crippen molar-refractivity contribution < 1.29 is 14.5 Å². The summed E-state index contributed by atoms with van der Waals surface area (Å²) in [4.78, 5) is 25.9. The number of piperidine rings is 1. The van der Waals surface area contributed by atoms with E-state index in [-0.39, 0.29) is 34.6 Å². The van der Waals surface area contributed by atoms with Crippen molar-refractivity contribution in [2.75, 3.05) is 32.0 Å². The molecule has 0 aromatic heterocycles. The maximum absolute atomic E-state index is 12.8. The number of allylic oxidation sites excluding steroid dienone is 2. The van der Waals surface area contributed by atoms with Gasteiger partial charge in [-0.1, -0.05) is 12.2 Å². The molecule has 1 fully saturated rings. The minimum atomic E-state index is -0.583. The van der Waals surface area contributed by atoms with Gasteiger partial charge in [0.15, 0.2) is 0 Å². The van der Waals surface area contributed by atoms with Gasteiger partial charge in [-0.15, -0.1) is 0 Å². The molecular formula is C21H30N4O4. The first-order valence-electron chi connectivity index (χ1n) is 10.4. The van der Waals surface area contributed by atoms with Gasteiger partial charge in [0.2, 0.25) is 0 Å². The van der Waals surface area contributed by atoms with E-state index in [1.165, 1.54) is 25.0 Å². The Labute approximate surface area is 171 Å². The number of ether oxygens (including phenoxy) is 1. The normalized spacial score (nSPS) is 20.4. The van der Waals surface area contributed by atoms with Gasteiger partial charge in [0.05, 0.1) is 17.1 Å². The number of hydrogen-bond donors (Lipinski definition) is 2. The lowest BCUT2D eigenvalue weighted by Gasteiger charge is -2.35. The Hall–Kier alpha value is -2.61. The van der Waals surface area contributed by atoms with Crippen molar-refractivity contribution in [1.82, 2.24) is 10.2 Å². The number of nitrogens with zero attached hydrogens (tertiary/aromatic N) is 2. The molecule has 1 aromatic rings. The summed E-state index contributed by atoms with van der Waals surface area (Å²) in [5.74, 6) is 0.651.